The fourth-order valence-electron chi connectivity index (χ4n) is 6.94. The van der Waals surface area contributed by atoms with E-state index in [-0.39, 0.29) is 26.1 Å². The molecule has 0 aliphatic rings. The second kappa shape index (κ2) is 45.8. The Morgan fingerprint density at radius 3 is 1.38 bits per heavy atom. The Hall–Kier alpha value is -2.29. The van der Waals surface area contributed by atoms with Crippen LogP contribution in [-0.2, 0) is 32.7 Å². The van der Waals surface area contributed by atoms with Crippen LogP contribution >= 0.6 is 7.82 Å². The predicted octanol–water partition coefficient (Wildman–Crippen LogP) is 15.0. The minimum Gasteiger partial charge on any atom is -0.756 e. The van der Waals surface area contributed by atoms with Gasteiger partial charge in [-0.25, -0.2) is 0 Å². The van der Waals surface area contributed by atoms with Crippen molar-refractivity contribution >= 4 is 19.8 Å². The first-order chi connectivity index (χ1) is 31.0. The zero-order chi connectivity index (χ0) is 47.1. The number of phosphoric ester groups is 1. The Labute approximate surface area is 394 Å². The first-order valence-electron chi connectivity index (χ1n) is 26.0. The summed E-state index contributed by atoms with van der Waals surface area (Å²) in [6, 6.07) is 0. The molecule has 64 heavy (non-hydrogen) atoms. The molecule has 0 aromatic heterocycles. The standard InChI is InChI=1S/C54H98NO8P/c1-6-8-10-12-14-16-18-20-22-24-25-26-27-28-29-31-32-34-36-38-40-42-44-46-53(56)60-50-52(51-62-64(58,59)61-49-48-55(3,4)5)63-54(57)47-45-43-41-39-37-35-33-30-23-21-19-17-15-13-11-9-7-2/h11,13,17,19,23,30,35,37-38,40,52H,6-10,12,14-16,18,20-22,24-29,31-34,36,39,41-51H2,1-5H3/b13-11+,19-17+,30-23+,37-35+,40-38+/t52-/m0/s1. The highest BCUT2D eigenvalue weighted by atomic mass is 31.2. The molecule has 0 radical (unpaired) electrons. The van der Waals surface area contributed by atoms with Crippen LogP contribution in [0, 0.1) is 0 Å². The lowest BCUT2D eigenvalue weighted by Crippen LogP contribution is -2.37. The molecule has 0 bridgehead atoms. The SMILES string of the molecule is CCC/C=C/C/C=C/C/C=C/C/C=C/CCCCCC(=O)O[C@@H](COC(=O)CCC/C=C/CCCCCCCCCCCCCCCCCCCC)COP(=O)([O-])OCC[N+](C)(C)C. The third-order valence-electron chi connectivity index (χ3n) is 11.0. The molecule has 0 fully saturated rings. The van der Waals surface area contributed by atoms with Crippen LogP contribution in [0.3, 0.4) is 0 Å². The Bertz CT molecular complexity index is 1270. The number of esters is 2. The molecule has 0 aromatic carbocycles. The van der Waals surface area contributed by atoms with Gasteiger partial charge in [-0.1, -0.05) is 197 Å². The zero-order valence-corrected chi connectivity index (χ0v) is 42.9. The first-order valence-corrected chi connectivity index (χ1v) is 27.5. The minimum atomic E-state index is -4.65. The summed E-state index contributed by atoms with van der Waals surface area (Å²) in [5.74, 6) is -0.906. The molecule has 0 saturated carbocycles. The first kappa shape index (κ1) is 61.7. The van der Waals surface area contributed by atoms with E-state index in [0.717, 1.165) is 57.8 Å². The zero-order valence-electron chi connectivity index (χ0n) is 42.0. The Balaban J connectivity index is 4.29. The van der Waals surface area contributed by atoms with Crippen LogP contribution in [0.1, 0.15) is 219 Å². The van der Waals surface area contributed by atoms with Crippen LogP contribution in [0.25, 0.3) is 0 Å². The van der Waals surface area contributed by atoms with E-state index in [9.17, 15) is 19.0 Å². The molecule has 0 rings (SSSR count). The largest absolute Gasteiger partial charge is 0.756 e. The molecule has 0 aromatic rings. The van der Waals surface area contributed by atoms with E-state index in [1.54, 1.807) is 0 Å². The molecule has 10 heteroatoms. The van der Waals surface area contributed by atoms with E-state index in [0.29, 0.717) is 23.9 Å². The lowest BCUT2D eigenvalue weighted by molar-refractivity contribution is -0.870. The molecular formula is C54H98NO8P. The van der Waals surface area contributed by atoms with Crippen LogP contribution in [-0.4, -0.2) is 70.0 Å². The van der Waals surface area contributed by atoms with Gasteiger partial charge in [0.25, 0.3) is 7.82 Å². The van der Waals surface area contributed by atoms with Crippen molar-refractivity contribution in [2.75, 3.05) is 47.5 Å². The van der Waals surface area contributed by atoms with Gasteiger partial charge in [-0.05, 0) is 70.6 Å². The van der Waals surface area contributed by atoms with Crippen molar-refractivity contribution in [1.29, 1.82) is 0 Å². The summed E-state index contributed by atoms with van der Waals surface area (Å²) in [6.45, 7) is 4.11. The highest BCUT2D eigenvalue weighted by Crippen LogP contribution is 2.38. The highest BCUT2D eigenvalue weighted by molar-refractivity contribution is 7.45. The van der Waals surface area contributed by atoms with Crippen molar-refractivity contribution in [1.82, 2.24) is 0 Å². The molecule has 0 aliphatic carbocycles. The van der Waals surface area contributed by atoms with Gasteiger partial charge in [-0.3, -0.25) is 14.2 Å². The lowest BCUT2D eigenvalue weighted by atomic mass is 10.0. The van der Waals surface area contributed by atoms with Gasteiger partial charge in [0.2, 0.25) is 0 Å². The number of ether oxygens (including phenoxy) is 2. The molecule has 9 nitrogen and oxygen atoms in total. The van der Waals surface area contributed by atoms with Crippen molar-refractivity contribution < 1.29 is 42.1 Å². The topological polar surface area (TPSA) is 111 Å². The van der Waals surface area contributed by atoms with E-state index in [2.05, 4.69) is 74.6 Å². The maximum Gasteiger partial charge on any atom is 0.306 e. The monoisotopic (exact) mass is 920 g/mol. The Morgan fingerprint density at radius 2 is 0.891 bits per heavy atom. The number of rotatable bonds is 47. The number of carbonyl (C=O) groups excluding carboxylic acids is 2. The fourth-order valence-corrected chi connectivity index (χ4v) is 7.67. The van der Waals surface area contributed by atoms with Gasteiger partial charge >= 0.3 is 11.9 Å². The number of likely N-dealkylation sites (N-methyl/N-ethyl adjacent to an activating group) is 1. The number of allylic oxidation sites excluding steroid dienone is 10. The molecule has 0 aliphatic heterocycles. The number of carbonyl (C=O) groups is 2. The van der Waals surface area contributed by atoms with Gasteiger partial charge in [0.05, 0.1) is 27.7 Å². The normalized spacial score (nSPS) is 13.9. The molecular weight excluding hydrogens is 822 g/mol. The van der Waals surface area contributed by atoms with E-state index in [1.807, 2.05) is 21.1 Å². The summed E-state index contributed by atoms with van der Waals surface area (Å²) in [7, 11) is 1.13. The average molecular weight is 920 g/mol. The molecule has 1 unspecified atom stereocenters. The Kier molecular flexibility index (Phi) is 44.2. The van der Waals surface area contributed by atoms with Crippen molar-refractivity contribution in [3.05, 3.63) is 60.8 Å². The van der Waals surface area contributed by atoms with E-state index in [4.69, 9.17) is 18.5 Å². The van der Waals surface area contributed by atoms with Gasteiger partial charge in [-0.2, -0.15) is 0 Å². The summed E-state index contributed by atoms with van der Waals surface area (Å²) < 4.78 is 34.0. The lowest BCUT2D eigenvalue weighted by Gasteiger charge is -2.28. The second-order valence-electron chi connectivity index (χ2n) is 18.5. The van der Waals surface area contributed by atoms with Crippen LogP contribution in [0.5, 0.6) is 0 Å². The number of nitrogens with zero attached hydrogens (tertiary/aromatic N) is 1. The number of quaternary nitrogens is 1. The van der Waals surface area contributed by atoms with Crippen LogP contribution in [0.2, 0.25) is 0 Å². The molecule has 0 heterocycles. The summed E-state index contributed by atoms with van der Waals surface area (Å²) in [5.41, 5.74) is 0. The van der Waals surface area contributed by atoms with E-state index in [1.165, 1.54) is 122 Å². The smallest absolute Gasteiger partial charge is 0.306 e. The van der Waals surface area contributed by atoms with Gasteiger partial charge in [-0.15, -0.1) is 0 Å². The third-order valence-corrected chi connectivity index (χ3v) is 12.0. The van der Waals surface area contributed by atoms with Crippen LogP contribution in [0.15, 0.2) is 60.8 Å². The van der Waals surface area contributed by atoms with Crippen molar-refractivity contribution in [3.8, 4) is 0 Å². The van der Waals surface area contributed by atoms with Gasteiger partial charge in [0, 0.05) is 12.8 Å². The third kappa shape index (κ3) is 49.2. The number of hydrogen-bond acceptors (Lipinski definition) is 8. The van der Waals surface area contributed by atoms with Crippen molar-refractivity contribution in [3.63, 3.8) is 0 Å². The minimum absolute atomic E-state index is 0.0430. The average Bonchev–Trinajstić information content (AvgIpc) is 3.25. The van der Waals surface area contributed by atoms with E-state index < -0.39 is 32.5 Å². The molecule has 0 amide bonds. The maximum absolute atomic E-state index is 12.7. The van der Waals surface area contributed by atoms with Crippen LogP contribution in [0.4, 0.5) is 0 Å². The number of unbranched alkanes of at least 4 members (excludes halogenated alkanes) is 23. The summed E-state index contributed by atoms with van der Waals surface area (Å²) in [6.07, 6.45) is 57.0. The quantitative estimate of drug-likeness (QED) is 0.0195. The fraction of sp³-hybridized carbons (Fsp3) is 0.778. The van der Waals surface area contributed by atoms with Gasteiger partial charge in [0.15, 0.2) is 6.10 Å². The van der Waals surface area contributed by atoms with E-state index >= 15 is 0 Å². The summed E-state index contributed by atoms with van der Waals surface area (Å²) in [5, 5.41) is 0. The van der Waals surface area contributed by atoms with Crippen molar-refractivity contribution in [2.45, 2.75) is 225 Å². The molecule has 372 valence electrons. The van der Waals surface area contributed by atoms with Gasteiger partial charge in [0.1, 0.15) is 19.8 Å². The van der Waals surface area contributed by atoms with Crippen molar-refractivity contribution in [2.24, 2.45) is 0 Å². The molecule has 0 spiro atoms. The van der Waals surface area contributed by atoms with Gasteiger partial charge < -0.3 is 27.9 Å². The second-order valence-corrected chi connectivity index (χ2v) is 19.9. The molecule has 0 saturated heterocycles. The molecule has 0 N–H and O–H groups in total. The number of hydrogen-bond donors (Lipinski definition) is 0. The molecule has 2 atom stereocenters. The number of phosphoric acid groups is 1. The highest BCUT2D eigenvalue weighted by Gasteiger charge is 2.21. The predicted molar refractivity (Wildman–Crippen MR) is 268 cm³/mol. The maximum atomic E-state index is 12.7. The summed E-state index contributed by atoms with van der Waals surface area (Å²) >= 11 is 0. The summed E-state index contributed by atoms with van der Waals surface area (Å²) in [4.78, 5) is 37.7. The van der Waals surface area contributed by atoms with Crippen LogP contribution < -0.4 is 4.89 Å². The Morgan fingerprint density at radius 1 is 0.484 bits per heavy atom.